The van der Waals surface area contributed by atoms with Gasteiger partial charge < -0.3 is 5.73 Å². The van der Waals surface area contributed by atoms with Gasteiger partial charge in [0.15, 0.2) is 17.3 Å². The van der Waals surface area contributed by atoms with Crippen molar-refractivity contribution < 1.29 is 0 Å². The van der Waals surface area contributed by atoms with E-state index >= 15 is 0 Å². The van der Waals surface area contributed by atoms with Gasteiger partial charge in [0, 0.05) is 5.25 Å². The molecule has 1 saturated carbocycles. The normalized spacial score (nSPS) is 15.6. The van der Waals surface area contributed by atoms with Gasteiger partial charge in [0.2, 0.25) is 0 Å². The molecule has 0 radical (unpaired) electrons. The van der Waals surface area contributed by atoms with Crippen LogP contribution >= 0.6 is 11.8 Å². The standard InChI is InChI=1S/C7H14N2S.C2N2/c8-7(9)10-6-4-2-1-3-5-6;3-1-2-4/h6H,1-5H2,(H3,8,9);. The van der Waals surface area contributed by atoms with Gasteiger partial charge in [-0.2, -0.15) is 10.5 Å². The minimum absolute atomic E-state index is 0.284. The maximum Gasteiger partial charge on any atom is 0.181 e. The second-order valence-electron chi connectivity index (χ2n) is 2.97. The fraction of sp³-hybridized carbons (Fsp3) is 0.667. The number of nitrogens with two attached hydrogens (primary N) is 1. The van der Waals surface area contributed by atoms with Crippen LogP contribution in [0.3, 0.4) is 0 Å². The van der Waals surface area contributed by atoms with Gasteiger partial charge in [-0.05, 0) is 12.8 Å². The van der Waals surface area contributed by atoms with Gasteiger partial charge in [-0.15, -0.1) is 0 Å². The molecular weight excluding hydrogens is 196 g/mol. The van der Waals surface area contributed by atoms with Gasteiger partial charge in [-0.25, -0.2) is 0 Å². The van der Waals surface area contributed by atoms with E-state index in [1.807, 2.05) is 0 Å². The molecule has 0 aromatic rings. The Balaban J connectivity index is 0.000000364. The van der Waals surface area contributed by atoms with Crippen LogP contribution in [-0.2, 0) is 0 Å². The van der Waals surface area contributed by atoms with Crippen molar-refractivity contribution in [1.29, 1.82) is 15.9 Å². The molecule has 1 aliphatic rings. The van der Waals surface area contributed by atoms with Crippen molar-refractivity contribution in [3.63, 3.8) is 0 Å². The highest BCUT2D eigenvalue weighted by atomic mass is 32.2. The number of hydrogen-bond donors (Lipinski definition) is 2. The maximum absolute atomic E-state index is 7.26. The van der Waals surface area contributed by atoms with Crippen molar-refractivity contribution in [2.24, 2.45) is 5.73 Å². The highest BCUT2D eigenvalue weighted by Crippen LogP contribution is 2.27. The summed E-state index contributed by atoms with van der Waals surface area (Å²) in [7, 11) is 0. The van der Waals surface area contributed by atoms with Crippen molar-refractivity contribution in [3.05, 3.63) is 0 Å². The van der Waals surface area contributed by atoms with E-state index in [2.05, 4.69) is 0 Å². The van der Waals surface area contributed by atoms with Gasteiger partial charge in [0.1, 0.15) is 0 Å². The van der Waals surface area contributed by atoms with Crippen LogP contribution < -0.4 is 5.73 Å². The minimum atomic E-state index is 0.284. The predicted octanol–water partition coefficient (Wildman–Crippen LogP) is 1.98. The van der Waals surface area contributed by atoms with E-state index in [0.29, 0.717) is 5.25 Å². The van der Waals surface area contributed by atoms with Crippen LogP contribution in [0.25, 0.3) is 0 Å². The molecule has 0 heterocycles. The molecule has 0 bridgehead atoms. The number of rotatable bonds is 1. The number of nitrogens with zero attached hydrogens (tertiary/aromatic N) is 2. The lowest BCUT2D eigenvalue weighted by molar-refractivity contribution is 0.517. The van der Waals surface area contributed by atoms with Gasteiger partial charge in [0.05, 0.1) is 0 Å². The Labute approximate surface area is 88.6 Å². The Morgan fingerprint density at radius 2 is 1.71 bits per heavy atom. The van der Waals surface area contributed by atoms with Crippen LogP contribution in [0.15, 0.2) is 0 Å². The molecule has 1 aliphatic carbocycles. The van der Waals surface area contributed by atoms with Gasteiger partial charge in [-0.1, -0.05) is 31.0 Å². The molecule has 1 fully saturated rings. The van der Waals surface area contributed by atoms with Crippen molar-refractivity contribution in [2.75, 3.05) is 0 Å². The molecule has 0 atom stereocenters. The summed E-state index contributed by atoms with van der Waals surface area (Å²) in [6.07, 6.45) is 6.53. The summed E-state index contributed by atoms with van der Waals surface area (Å²) in [5.41, 5.74) is 5.27. The summed E-state index contributed by atoms with van der Waals surface area (Å²) in [6, 6.07) is 2.47. The zero-order valence-corrected chi connectivity index (χ0v) is 8.81. The van der Waals surface area contributed by atoms with Crippen molar-refractivity contribution >= 4 is 16.9 Å². The largest absolute Gasteiger partial charge is 0.379 e. The zero-order chi connectivity index (χ0) is 10.8. The number of nitriles is 2. The highest BCUT2D eigenvalue weighted by molar-refractivity contribution is 8.14. The Bertz CT molecular complexity index is 233. The summed E-state index contributed by atoms with van der Waals surface area (Å²) in [5, 5.41) is 22.5. The predicted molar refractivity (Wildman–Crippen MR) is 57.6 cm³/mol. The molecular formula is C9H14N4S. The fourth-order valence-corrected chi connectivity index (χ4v) is 2.29. The van der Waals surface area contributed by atoms with Crippen LogP contribution in [0.2, 0.25) is 0 Å². The van der Waals surface area contributed by atoms with E-state index in [1.165, 1.54) is 56.0 Å². The Hall–Kier alpha value is -1.20. The van der Waals surface area contributed by atoms with Crippen molar-refractivity contribution in [2.45, 2.75) is 37.4 Å². The fourth-order valence-electron chi connectivity index (χ4n) is 1.36. The van der Waals surface area contributed by atoms with Crippen LogP contribution in [0.1, 0.15) is 32.1 Å². The average molecular weight is 210 g/mol. The van der Waals surface area contributed by atoms with E-state index in [9.17, 15) is 0 Å². The molecule has 1 rings (SSSR count). The van der Waals surface area contributed by atoms with Crippen molar-refractivity contribution in [1.82, 2.24) is 0 Å². The van der Waals surface area contributed by atoms with Gasteiger partial charge in [0.25, 0.3) is 0 Å². The number of nitrogens with one attached hydrogen (secondary N) is 1. The smallest absolute Gasteiger partial charge is 0.181 e. The van der Waals surface area contributed by atoms with Gasteiger partial charge >= 0.3 is 0 Å². The monoisotopic (exact) mass is 210 g/mol. The average Bonchev–Trinajstić information content (AvgIpc) is 2.19. The van der Waals surface area contributed by atoms with E-state index in [4.69, 9.17) is 21.7 Å². The molecule has 0 aliphatic heterocycles. The molecule has 14 heavy (non-hydrogen) atoms. The van der Waals surface area contributed by atoms with E-state index < -0.39 is 0 Å². The third-order valence-electron chi connectivity index (χ3n) is 1.90. The first-order valence-electron chi connectivity index (χ1n) is 4.49. The third-order valence-corrected chi connectivity index (χ3v) is 2.95. The van der Waals surface area contributed by atoms with Crippen LogP contribution in [-0.4, -0.2) is 10.4 Å². The first-order chi connectivity index (χ1) is 6.70. The number of thioether (sulfide) groups is 1. The van der Waals surface area contributed by atoms with E-state index in [-0.39, 0.29) is 5.17 Å². The van der Waals surface area contributed by atoms with Gasteiger partial charge in [-0.3, -0.25) is 5.41 Å². The quantitative estimate of drug-likeness (QED) is 0.510. The first-order valence-corrected chi connectivity index (χ1v) is 5.37. The van der Waals surface area contributed by atoms with E-state index in [1.54, 1.807) is 0 Å². The van der Waals surface area contributed by atoms with Crippen molar-refractivity contribution in [3.8, 4) is 12.1 Å². The van der Waals surface area contributed by atoms with Crippen LogP contribution in [0.5, 0.6) is 0 Å². The summed E-state index contributed by atoms with van der Waals surface area (Å²) < 4.78 is 0. The van der Waals surface area contributed by atoms with E-state index in [0.717, 1.165) is 0 Å². The second-order valence-corrected chi connectivity index (χ2v) is 4.31. The Morgan fingerprint density at radius 1 is 1.21 bits per heavy atom. The SMILES string of the molecule is N#CC#N.N=C(N)SC1CCCCC1. The second kappa shape index (κ2) is 8.40. The lowest BCUT2D eigenvalue weighted by Gasteiger charge is -2.19. The Kier molecular flexibility index (Phi) is 7.68. The maximum atomic E-state index is 7.26. The number of hydrogen-bond acceptors (Lipinski definition) is 4. The molecule has 3 N–H and O–H groups in total. The summed E-state index contributed by atoms with van der Waals surface area (Å²) in [4.78, 5) is 0. The van der Waals surface area contributed by atoms with Crippen LogP contribution in [0.4, 0.5) is 0 Å². The summed E-state index contributed by atoms with van der Waals surface area (Å²) >= 11 is 1.54. The first kappa shape index (κ1) is 12.8. The minimum Gasteiger partial charge on any atom is -0.379 e. The Morgan fingerprint density at radius 3 is 2.07 bits per heavy atom. The lowest BCUT2D eigenvalue weighted by Crippen LogP contribution is -2.15. The molecule has 0 unspecified atom stereocenters. The molecule has 0 saturated heterocycles. The molecule has 0 spiro atoms. The number of amidine groups is 1. The molecule has 0 aromatic heterocycles. The summed E-state index contributed by atoms with van der Waals surface area (Å²) in [5.74, 6) is 0. The molecule has 4 nitrogen and oxygen atoms in total. The molecule has 5 heteroatoms. The van der Waals surface area contributed by atoms with Crippen LogP contribution in [0, 0.1) is 28.1 Å². The summed E-state index contributed by atoms with van der Waals surface area (Å²) in [6.45, 7) is 0. The molecule has 76 valence electrons. The highest BCUT2D eigenvalue weighted by Gasteiger charge is 2.14. The molecule has 0 aromatic carbocycles. The zero-order valence-electron chi connectivity index (χ0n) is 7.99. The molecule has 0 amide bonds. The lowest BCUT2D eigenvalue weighted by atomic mass is 10.0. The third kappa shape index (κ3) is 7.45. The topological polar surface area (TPSA) is 97.5 Å².